The molecule has 0 radical (unpaired) electrons. The van der Waals surface area contributed by atoms with E-state index in [9.17, 15) is 14.4 Å². The number of unbranched alkanes of at least 4 members (excludes halogenated alkanes) is 2. The van der Waals surface area contributed by atoms with E-state index >= 15 is 0 Å². The van der Waals surface area contributed by atoms with Gasteiger partial charge < -0.3 is 15.2 Å². The normalized spacial score (nSPS) is 11.7. The number of amides is 1. The molecule has 0 aromatic rings. The van der Waals surface area contributed by atoms with E-state index in [4.69, 9.17) is 9.84 Å². The predicted molar refractivity (Wildman–Crippen MR) is 69.6 cm³/mol. The van der Waals surface area contributed by atoms with Crippen LogP contribution in [-0.2, 0) is 19.1 Å². The van der Waals surface area contributed by atoms with Crippen molar-refractivity contribution in [2.75, 3.05) is 6.61 Å². The largest absolute Gasteiger partial charge is 0.480 e. The number of carboxylic acids is 1. The molecule has 0 fully saturated rings. The molecule has 0 unspecified atom stereocenters. The van der Waals surface area contributed by atoms with Crippen LogP contribution in [0.15, 0.2) is 0 Å². The number of esters is 1. The summed E-state index contributed by atoms with van der Waals surface area (Å²) in [5.41, 5.74) is 0. The summed E-state index contributed by atoms with van der Waals surface area (Å²) in [5.74, 6) is -1.87. The van der Waals surface area contributed by atoms with E-state index in [2.05, 4.69) is 5.32 Å². The molecule has 19 heavy (non-hydrogen) atoms. The van der Waals surface area contributed by atoms with Gasteiger partial charge >= 0.3 is 11.9 Å². The molecular formula is C13H23NO5. The highest BCUT2D eigenvalue weighted by atomic mass is 16.5. The first-order valence-electron chi connectivity index (χ1n) is 6.69. The molecule has 0 aliphatic carbocycles. The molecule has 0 saturated heterocycles. The maximum Gasteiger partial charge on any atom is 0.326 e. The highest BCUT2D eigenvalue weighted by Crippen LogP contribution is 2.03. The number of rotatable bonds is 10. The fourth-order valence-corrected chi connectivity index (χ4v) is 1.55. The number of aliphatic carboxylic acids is 1. The lowest BCUT2D eigenvalue weighted by Crippen LogP contribution is -2.41. The van der Waals surface area contributed by atoms with Crippen molar-refractivity contribution < 1.29 is 24.2 Å². The molecule has 1 atom stereocenters. The minimum absolute atomic E-state index is 0.0138. The van der Waals surface area contributed by atoms with E-state index in [1.54, 1.807) is 6.92 Å². The Kier molecular flexibility index (Phi) is 9.48. The highest BCUT2D eigenvalue weighted by Gasteiger charge is 2.20. The van der Waals surface area contributed by atoms with Crippen molar-refractivity contribution in [2.24, 2.45) is 0 Å². The van der Waals surface area contributed by atoms with Gasteiger partial charge in [-0.1, -0.05) is 19.8 Å². The minimum Gasteiger partial charge on any atom is -0.480 e. The number of carbonyl (C=O) groups excluding carboxylic acids is 2. The molecule has 0 aliphatic heterocycles. The van der Waals surface area contributed by atoms with E-state index in [-0.39, 0.29) is 25.4 Å². The van der Waals surface area contributed by atoms with Crippen molar-refractivity contribution >= 4 is 17.8 Å². The predicted octanol–water partition coefficient (Wildman–Crippen LogP) is 1.48. The lowest BCUT2D eigenvalue weighted by molar-refractivity contribution is -0.145. The van der Waals surface area contributed by atoms with Crippen LogP contribution in [0.2, 0.25) is 0 Å². The summed E-state index contributed by atoms with van der Waals surface area (Å²) in [4.78, 5) is 33.6. The van der Waals surface area contributed by atoms with Gasteiger partial charge in [-0.05, 0) is 19.8 Å². The van der Waals surface area contributed by atoms with E-state index in [1.807, 2.05) is 6.92 Å². The molecule has 1 amide bonds. The standard InChI is InChI=1S/C13H23NO5/c1-3-5-6-7-11(15)14-10(13(17)18)8-9-12(16)19-4-2/h10H,3-9H2,1-2H3,(H,14,15)(H,17,18)/t10-/m0/s1. The topological polar surface area (TPSA) is 92.7 Å². The van der Waals surface area contributed by atoms with Gasteiger partial charge in [-0.2, -0.15) is 0 Å². The second kappa shape index (κ2) is 10.3. The zero-order valence-corrected chi connectivity index (χ0v) is 11.6. The van der Waals surface area contributed by atoms with Crippen LogP contribution in [0.4, 0.5) is 0 Å². The van der Waals surface area contributed by atoms with Gasteiger partial charge in [-0.15, -0.1) is 0 Å². The van der Waals surface area contributed by atoms with E-state index in [0.717, 1.165) is 19.3 Å². The van der Waals surface area contributed by atoms with Crippen molar-refractivity contribution in [3.8, 4) is 0 Å². The Morgan fingerprint density at radius 3 is 2.37 bits per heavy atom. The Morgan fingerprint density at radius 2 is 1.84 bits per heavy atom. The van der Waals surface area contributed by atoms with E-state index in [1.165, 1.54) is 0 Å². The van der Waals surface area contributed by atoms with Crippen LogP contribution in [-0.4, -0.2) is 35.6 Å². The van der Waals surface area contributed by atoms with Crippen LogP contribution < -0.4 is 5.32 Å². The second-order valence-electron chi connectivity index (χ2n) is 4.26. The quantitative estimate of drug-likeness (QED) is 0.464. The molecule has 2 N–H and O–H groups in total. The Morgan fingerprint density at radius 1 is 1.16 bits per heavy atom. The average molecular weight is 273 g/mol. The summed E-state index contributed by atoms with van der Waals surface area (Å²) in [6.07, 6.45) is 3.03. The van der Waals surface area contributed by atoms with Crippen LogP contribution in [0, 0.1) is 0 Å². The summed E-state index contributed by atoms with van der Waals surface area (Å²) >= 11 is 0. The smallest absolute Gasteiger partial charge is 0.326 e. The van der Waals surface area contributed by atoms with Gasteiger partial charge in [0.2, 0.25) is 5.91 Å². The van der Waals surface area contributed by atoms with Gasteiger partial charge in [-0.25, -0.2) is 4.79 Å². The summed E-state index contributed by atoms with van der Waals surface area (Å²) in [6, 6.07) is -1.03. The van der Waals surface area contributed by atoms with Crippen molar-refractivity contribution in [3.63, 3.8) is 0 Å². The number of carbonyl (C=O) groups is 3. The number of carboxylic acid groups (broad SMARTS) is 1. The third kappa shape index (κ3) is 9.04. The van der Waals surface area contributed by atoms with Crippen LogP contribution in [0.5, 0.6) is 0 Å². The molecule has 0 saturated carbocycles. The Bertz CT molecular complexity index is 303. The third-order valence-electron chi connectivity index (χ3n) is 2.58. The molecular weight excluding hydrogens is 250 g/mol. The lowest BCUT2D eigenvalue weighted by atomic mass is 10.1. The molecule has 0 heterocycles. The summed E-state index contributed by atoms with van der Waals surface area (Å²) in [7, 11) is 0. The zero-order chi connectivity index (χ0) is 14.7. The van der Waals surface area contributed by atoms with Gasteiger partial charge in [-0.3, -0.25) is 9.59 Å². The summed E-state index contributed by atoms with van der Waals surface area (Å²) < 4.78 is 4.71. The van der Waals surface area contributed by atoms with Gasteiger partial charge in [0.25, 0.3) is 0 Å². The molecule has 0 spiro atoms. The van der Waals surface area contributed by atoms with Gasteiger partial charge in [0, 0.05) is 12.8 Å². The number of hydrogen-bond acceptors (Lipinski definition) is 4. The van der Waals surface area contributed by atoms with Crippen molar-refractivity contribution in [1.82, 2.24) is 5.32 Å². The summed E-state index contributed by atoms with van der Waals surface area (Å²) in [5, 5.41) is 11.4. The molecule has 6 nitrogen and oxygen atoms in total. The number of hydrogen-bond donors (Lipinski definition) is 2. The molecule has 6 heteroatoms. The first kappa shape index (κ1) is 17.4. The van der Waals surface area contributed by atoms with Gasteiger partial charge in [0.1, 0.15) is 6.04 Å². The molecule has 110 valence electrons. The molecule has 0 bridgehead atoms. The number of ether oxygens (including phenoxy) is 1. The molecule has 0 aromatic carbocycles. The van der Waals surface area contributed by atoms with Crippen LogP contribution >= 0.6 is 0 Å². The Labute approximate surface area is 113 Å². The van der Waals surface area contributed by atoms with E-state index in [0.29, 0.717) is 6.42 Å². The third-order valence-corrected chi connectivity index (χ3v) is 2.58. The van der Waals surface area contributed by atoms with Crippen molar-refractivity contribution in [3.05, 3.63) is 0 Å². The van der Waals surface area contributed by atoms with Crippen LogP contribution in [0.1, 0.15) is 52.4 Å². The highest BCUT2D eigenvalue weighted by molar-refractivity contribution is 5.83. The second-order valence-corrected chi connectivity index (χ2v) is 4.26. The van der Waals surface area contributed by atoms with Gasteiger partial charge in [0.05, 0.1) is 6.61 Å². The average Bonchev–Trinajstić information content (AvgIpc) is 2.34. The monoisotopic (exact) mass is 273 g/mol. The maximum absolute atomic E-state index is 11.5. The zero-order valence-electron chi connectivity index (χ0n) is 11.6. The Balaban J connectivity index is 4.08. The van der Waals surface area contributed by atoms with Crippen molar-refractivity contribution in [1.29, 1.82) is 0 Å². The van der Waals surface area contributed by atoms with Crippen LogP contribution in [0.25, 0.3) is 0 Å². The van der Waals surface area contributed by atoms with Crippen molar-refractivity contribution in [2.45, 2.75) is 58.4 Å². The van der Waals surface area contributed by atoms with Gasteiger partial charge in [0.15, 0.2) is 0 Å². The van der Waals surface area contributed by atoms with Crippen LogP contribution in [0.3, 0.4) is 0 Å². The number of nitrogens with one attached hydrogen (secondary N) is 1. The molecule has 0 rings (SSSR count). The molecule has 0 aromatic heterocycles. The maximum atomic E-state index is 11.5. The Hall–Kier alpha value is -1.59. The molecule has 0 aliphatic rings. The fraction of sp³-hybridized carbons (Fsp3) is 0.769. The summed E-state index contributed by atoms with van der Waals surface area (Å²) in [6.45, 7) is 3.97. The fourth-order valence-electron chi connectivity index (χ4n) is 1.55. The minimum atomic E-state index is -1.13. The first-order valence-corrected chi connectivity index (χ1v) is 6.69. The van der Waals surface area contributed by atoms with E-state index < -0.39 is 18.0 Å². The first-order chi connectivity index (χ1) is 9.01. The lowest BCUT2D eigenvalue weighted by Gasteiger charge is -2.14. The SMILES string of the molecule is CCCCCC(=O)N[C@@H](CCC(=O)OCC)C(=O)O.